The predicted molar refractivity (Wildman–Crippen MR) is 89.6 cm³/mol. The van der Waals surface area contributed by atoms with E-state index in [9.17, 15) is 4.79 Å². The number of aromatic nitrogens is 1. The van der Waals surface area contributed by atoms with E-state index in [0.717, 1.165) is 11.1 Å². The number of carbonyl (C=O) groups excluding carboxylic acids is 1. The lowest BCUT2D eigenvalue weighted by Gasteiger charge is -2.18. The number of fused-ring (bicyclic) bond motifs is 1. The van der Waals surface area contributed by atoms with Gasteiger partial charge in [0.2, 0.25) is 5.91 Å². The predicted octanol–water partition coefficient (Wildman–Crippen LogP) is 3.61. The maximum Gasteiger partial charge on any atom is 0.242 e. The summed E-state index contributed by atoms with van der Waals surface area (Å²) in [5.41, 5.74) is 3.48. The van der Waals surface area contributed by atoms with E-state index in [4.69, 9.17) is 0 Å². The fourth-order valence-electron chi connectivity index (χ4n) is 2.67. The third-order valence-corrected chi connectivity index (χ3v) is 3.92. The average molecular weight is 292 g/mol. The molecule has 0 aliphatic heterocycles. The molecule has 0 spiro atoms. The number of likely N-dealkylation sites (N-methyl/N-ethyl adjacent to an activating group) is 1. The zero-order valence-corrected chi connectivity index (χ0v) is 13.0. The second-order valence-electron chi connectivity index (χ2n) is 5.74. The second kappa shape index (κ2) is 6.06. The van der Waals surface area contributed by atoms with Crippen molar-refractivity contribution in [3.63, 3.8) is 0 Å². The Morgan fingerprint density at radius 1 is 1.09 bits per heavy atom. The number of aryl methyl sites for hydroxylation is 1. The van der Waals surface area contributed by atoms with Crippen molar-refractivity contribution < 1.29 is 4.79 Å². The minimum atomic E-state index is 0.113. The monoisotopic (exact) mass is 292 g/mol. The molecule has 0 N–H and O–H groups in total. The van der Waals surface area contributed by atoms with Crippen LogP contribution in [0.4, 0.5) is 0 Å². The highest BCUT2D eigenvalue weighted by atomic mass is 16.2. The van der Waals surface area contributed by atoms with Gasteiger partial charge in [0.25, 0.3) is 0 Å². The van der Waals surface area contributed by atoms with Crippen molar-refractivity contribution in [3.8, 4) is 0 Å². The van der Waals surface area contributed by atoms with Crippen molar-refractivity contribution in [2.24, 2.45) is 0 Å². The van der Waals surface area contributed by atoms with Crippen molar-refractivity contribution in [1.29, 1.82) is 0 Å². The molecule has 0 aliphatic rings. The van der Waals surface area contributed by atoms with Crippen LogP contribution in [0.2, 0.25) is 0 Å². The maximum absolute atomic E-state index is 12.4. The molecule has 3 rings (SSSR count). The molecule has 3 aromatic rings. The van der Waals surface area contributed by atoms with Crippen molar-refractivity contribution in [3.05, 3.63) is 71.9 Å². The Labute approximate surface area is 130 Å². The summed E-state index contributed by atoms with van der Waals surface area (Å²) >= 11 is 0. The number of rotatable bonds is 4. The van der Waals surface area contributed by atoms with Gasteiger partial charge in [0.15, 0.2) is 0 Å². The van der Waals surface area contributed by atoms with Gasteiger partial charge in [0, 0.05) is 25.3 Å². The first-order valence-corrected chi connectivity index (χ1v) is 7.47. The molecule has 1 heterocycles. The SMILES string of the molecule is Cc1ccc2c(ccn2CC(=O)N(C)Cc2ccccc2)c1. The molecular weight excluding hydrogens is 272 g/mol. The van der Waals surface area contributed by atoms with Crippen LogP contribution in [0.3, 0.4) is 0 Å². The van der Waals surface area contributed by atoms with Crippen LogP contribution in [0.1, 0.15) is 11.1 Å². The van der Waals surface area contributed by atoms with Gasteiger partial charge in [-0.1, -0.05) is 42.0 Å². The summed E-state index contributed by atoms with van der Waals surface area (Å²) < 4.78 is 2.01. The van der Waals surface area contributed by atoms with Crippen molar-refractivity contribution in [2.75, 3.05) is 7.05 Å². The number of hydrogen-bond acceptors (Lipinski definition) is 1. The molecule has 1 aromatic heterocycles. The lowest BCUT2D eigenvalue weighted by atomic mass is 10.2. The summed E-state index contributed by atoms with van der Waals surface area (Å²) in [6, 6.07) is 18.4. The molecule has 0 saturated heterocycles. The van der Waals surface area contributed by atoms with Gasteiger partial charge in [0.1, 0.15) is 6.54 Å². The van der Waals surface area contributed by atoms with E-state index in [2.05, 4.69) is 31.2 Å². The van der Waals surface area contributed by atoms with E-state index in [1.54, 1.807) is 4.90 Å². The smallest absolute Gasteiger partial charge is 0.242 e. The molecule has 0 atom stereocenters. The Balaban J connectivity index is 1.72. The topological polar surface area (TPSA) is 25.2 Å². The highest BCUT2D eigenvalue weighted by molar-refractivity contribution is 5.83. The summed E-state index contributed by atoms with van der Waals surface area (Å²) in [6.07, 6.45) is 1.98. The Morgan fingerprint density at radius 3 is 2.64 bits per heavy atom. The molecule has 22 heavy (non-hydrogen) atoms. The third kappa shape index (κ3) is 3.03. The zero-order chi connectivity index (χ0) is 15.5. The van der Waals surface area contributed by atoms with E-state index in [1.807, 2.05) is 48.1 Å². The fourth-order valence-corrected chi connectivity index (χ4v) is 2.67. The van der Waals surface area contributed by atoms with Crippen LogP contribution in [0.5, 0.6) is 0 Å². The molecule has 0 aliphatic carbocycles. The van der Waals surface area contributed by atoms with Gasteiger partial charge in [0.05, 0.1) is 0 Å². The third-order valence-electron chi connectivity index (χ3n) is 3.92. The van der Waals surface area contributed by atoms with E-state index in [0.29, 0.717) is 13.1 Å². The molecule has 2 aromatic carbocycles. The quantitative estimate of drug-likeness (QED) is 0.721. The maximum atomic E-state index is 12.4. The Kier molecular flexibility index (Phi) is 3.96. The largest absolute Gasteiger partial charge is 0.340 e. The van der Waals surface area contributed by atoms with Crippen LogP contribution in [-0.4, -0.2) is 22.4 Å². The molecule has 1 amide bonds. The molecule has 0 fully saturated rings. The van der Waals surface area contributed by atoms with Crippen LogP contribution < -0.4 is 0 Å². The van der Waals surface area contributed by atoms with Gasteiger partial charge in [-0.25, -0.2) is 0 Å². The minimum absolute atomic E-state index is 0.113. The standard InChI is InChI=1S/C19H20N2O/c1-15-8-9-18-17(12-15)10-11-21(18)14-19(22)20(2)13-16-6-4-3-5-7-16/h3-12H,13-14H2,1-2H3. The average Bonchev–Trinajstić information content (AvgIpc) is 2.90. The van der Waals surface area contributed by atoms with Crippen LogP contribution in [-0.2, 0) is 17.9 Å². The summed E-state index contributed by atoms with van der Waals surface area (Å²) in [6.45, 7) is 3.09. The number of benzene rings is 2. The molecule has 0 saturated carbocycles. The van der Waals surface area contributed by atoms with Crippen molar-refractivity contribution in [2.45, 2.75) is 20.0 Å². The molecule has 0 unspecified atom stereocenters. The van der Waals surface area contributed by atoms with Crippen molar-refractivity contribution >= 4 is 16.8 Å². The number of hydrogen-bond donors (Lipinski definition) is 0. The van der Waals surface area contributed by atoms with Gasteiger partial charge >= 0.3 is 0 Å². The molecule has 3 heteroatoms. The van der Waals surface area contributed by atoms with E-state index in [1.165, 1.54) is 10.9 Å². The molecule has 0 bridgehead atoms. The summed E-state index contributed by atoms with van der Waals surface area (Å²) in [5, 5.41) is 1.18. The van der Waals surface area contributed by atoms with Crippen molar-refractivity contribution in [1.82, 2.24) is 9.47 Å². The Morgan fingerprint density at radius 2 is 1.86 bits per heavy atom. The molecule has 3 nitrogen and oxygen atoms in total. The Bertz CT molecular complexity index is 790. The van der Waals surface area contributed by atoms with E-state index < -0.39 is 0 Å². The fraction of sp³-hybridized carbons (Fsp3) is 0.211. The first-order chi connectivity index (χ1) is 10.6. The first-order valence-electron chi connectivity index (χ1n) is 7.47. The summed E-state index contributed by atoms with van der Waals surface area (Å²) in [4.78, 5) is 14.2. The molecule has 0 radical (unpaired) electrons. The van der Waals surface area contributed by atoms with Crippen LogP contribution in [0.15, 0.2) is 60.8 Å². The van der Waals surface area contributed by atoms with Gasteiger partial charge in [-0.2, -0.15) is 0 Å². The van der Waals surface area contributed by atoms with Crippen LogP contribution in [0.25, 0.3) is 10.9 Å². The number of amides is 1. The summed E-state index contributed by atoms with van der Waals surface area (Å²) in [5.74, 6) is 0.113. The van der Waals surface area contributed by atoms with Gasteiger partial charge in [-0.15, -0.1) is 0 Å². The normalized spacial score (nSPS) is 10.8. The lowest BCUT2D eigenvalue weighted by Crippen LogP contribution is -2.29. The van der Waals surface area contributed by atoms with Gasteiger partial charge < -0.3 is 9.47 Å². The lowest BCUT2D eigenvalue weighted by molar-refractivity contribution is -0.131. The molecule has 112 valence electrons. The van der Waals surface area contributed by atoms with Crippen LogP contribution >= 0.6 is 0 Å². The highest BCUT2D eigenvalue weighted by Crippen LogP contribution is 2.17. The van der Waals surface area contributed by atoms with E-state index >= 15 is 0 Å². The van der Waals surface area contributed by atoms with E-state index in [-0.39, 0.29) is 5.91 Å². The second-order valence-corrected chi connectivity index (χ2v) is 5.74. The summed E-state index contributed by atoms with van der Waals surface area (Å²) in [7, 11) is 1.85. The Hall–Kier alpha value is -2.55. The number of carbonyl (C=O) groups is 1. The minimum Gasteiger partial charge on any atom is -0.340 e. The first kappa shape index (κ1) is 14.4. The van der Waals surface area contributed by atoms with Gasteiger partial charge in [-0.05, 0) is 36.1 Å². The zero-order valence-electron chi connectivity index (χ0n) is 13.0. The number of nitrogens with zero attached hydrogens (tertiary/aromatic N) is 2. The highest BCUT2D eigenvalue weighted by Gasteiger charge is 2.11. The van der Waals surface area contributed by atoms with Gasteiger partial charge in [-0.3, -0.25) is 4.79 Å². The van der Waals surface area contributed by atoms with Crippen LogP contribution in [0, 0.1) is 6.92 Å². The molecular formula is C19H20N2O.